The van der Waals surface area contributed by atoms with Crippen LogP contribution in [-0.2, 0) is 11.8 Å². The predicted molar refractivity (Wildman–Crippen MR) is 101 cm³/mol. The van der Waals surface area contributed by atoms with Crippen LogP contribution >= 0.6 is 0 Å². The van der Waals surface area contributed by atoms with E-state index in [0.717, 1.165) is 4.68 Å². The molecule has 3 aromatic rings. The minimum absolute atomic E-state index is 0.110. The van der Waals surface area contributed by atoms with Gasteiger partial charge >= 0.3 is 0 Å². The molecule has 2 heterocycles. The van der Waals surface area contributed by atoms with E-state index < -0.39 is 17.3 Å². The van der Waals surface area contributed by atoms with Gasteiger partial charge in [-0.15, -0.1) is 0 Å². The van der Waals surface area contributed by atoms with Gasteiger partial charge < -0.3 is 10.1 Å². The van der Waals surface area contributed by atoms with Crippen molar-refractivity contribution in [2.75, 3.05) is 13.7 Å². The van der Waals surface area contributed by atoms with Gasteiger partial charge in [0.15, 0.2) is 0 Å². The Morgan fingerprint density at radius 2 is 2.14 bits per heavy atom. The highest BCUT2D eigenvalue weighted by Crippen LogP contribution is 2.18. The van der Waals surface area contributed by atoms with E-state index in [1.54, 1.807) is 26.2 Å². The molecule has 1 N–H and O–H groups in total. The first-order chi connectivity index (χ1) is 13.4. The normalized spacial score (nSPS) is 12.0. The van der Waals surface area contributed by atoms with Crippen LogP contribution in [0.4, 0.5) is 4.39 Å². The molecule has 28 heavy (non-hydrogen) atoms. The van der Waals surface area contributed by atoms with Gasteiger partial charge in [-0.25, -0.2) is 4.39 Å². The van der Waals surface area contributed by atoms with Crippen molar-refractivity contribution in [2.24, 2.45) is 7.05 Å². The molecule has 1 amide bonds. The molecule has 0 saturated carbocycles. The molecule has 1 atom stereocenters. The fourth-order valence-electron chi connectivity index (χ4n) is 2.73. The van der Waals surface area contributed by atoms with E-state index in [-0.39, 0.29) is 17.3 Å². The number of nitrogens with one attached hydrogen (secondary N) is 1. The molecule has 0 aliphatic heterocycles. The van der Waals surface area contributed by atoms with Crippen LogP contribution in [0.3, 0.4) is 0 Å². The number of ether oxygens (including phenoxy) is 1. The second kappa shape index (κ2) is 8.13. The fourth-order valence-corrected chi connectivity index (χ4v) is 2.73. The molecule has 0 bridgehead atoms. The Morgan fingerprint density at radius 3 is 2.79 bits per heavy atom. The fraction of sp³-hybridized carbons (Fsp3) is 0.263. The van der Waals surface area contributed by atoms with E-state index in [9.17, 15) is 14.0 Å². The summed E-state index contributed by atoms with van der Waals surface area (Å²) in [5.74, 6) is -1.01. The smallest absolute Gasteiger partial charge is 0.284 e. The quantitative estimate of drug-likeness (QED) is 0.695. The number of carbonyl (C=O) groups excluding carboxylic acids is 1. The summed E-state index contributed by atoms with van der Waals surface area (Å²) in [6, 6.07) is 6.84. The van der Waals surface area contributed by atoms with Gasteiger partial charge in [-0.1, -0.05) is 12.1 Å². The Balaban J connectivity index is 2.14. The maximum Gasteiger partial charge on any atom is 0.284 e. The van der Waals surface area contributed by atoms with Crippen LogP contribution in [0.25, 0.3) is 16.9 Å². The number of hydrogen-bond acceptors (Lipinski definition) is 5. The average Bonchev–Trinajstić information content (AvgIpc) is 3.08. The van der Waals surface area contributed by atoms with Gasteiger partial charge in [-0.2, -0.15) is 14.9 Å². The first-order valence-corrected chi connectivity index (χ1v) is 8.58. The van der Waals surface area contributed by atoms with Gasteiger partial charge in [0.05, 0.1) is 24.7 Å². The second-order valence-electron chi connectivity index (χ2n) is 6.37. The van der Waals surface area contributed by atoms with Crippen molar-refractivity contribution < 1.29 is 13.9 Å². The number of methoxy groups -OCH3 is 1. The van der Waals surface area contributed by atoms with Gasteiger partial charge in [0.2, 0.25) is 0 Å². The lowest BCUT2D eigenvalue weighted by Gasteiger charge is -2.14. The van der Waals surface area contributed by atoms with Crippen LogP contribution in [0.2, 0.25) is 0 Å². The molecule has 146 valence electrons. The molecule has 0 aliphatic carbocycles. The summed E-state index contributed by atoms with van der Waals surface area (Å²) in [4.78, 5) is 25.6. The molecule has 3 rings (SSSR count). The van der Waals surface area contributed by atoms with Crippen LogP contribution < -0.4 is 10.9 Å². The molecule has 1 aromatic carbocycles. The summed E-state index contributed by atoms with van der Waals surface area (Å²) in [5.41, 5.74) is 0.408. The minimum atomic E-state index is -0.602. The predicted octanol–water partition coefficient (Wildman–Crippen LogP) is 1.54. The van der Waals surface area contributed by atoms with Crippen molar-refractivity contribution in [3.8, 4) is 16.9 Å². The van der Waals surface area contributed by atoms with Gasteiger partial charge in [-0.05, 0) is 25.1 Å². The van der Waals surface area contributed by atoms with Gasteiger partial charge in [0, 0.05) is 25.8 Å². The summed E-state index contributed by atoms with van der Waals surface area (Å²) in [7, 11) is 3.22. The van der Waals surface area contributed by atoms with Crippen molar-refractivity contribution in [1.29, 1.82) is 0 Å². The van der Waals surface area contributed by atoms with E-state index in [2.05, 4.69) is 15.5 Å². The monoisotopic (exact) mass is 385 g/mol. The number of hydrogen-bond donors (Lipinski definition) is 1. The number of benzene rings is 1. The molecule has 0 saturated heterocycles. The number of rotatable bonds is 6. The first-order valence-electron chi connectivity index (χ1n) is 8.58. The average molecular weight is 385 g/mol. The molecular formula is C19H20FN5O3. The maximum atomic E-state index is 13.7. The van der Waals surface area contributed by atoms with Crippen molar-refractivity contribution in [1.82, 2.24) is 24.9 Å². The standard InChI is InChI=1S/C19H20FN5O3/c1-12(11-28-3)22-18(26)16-8-17(13-5-4-6-14(20)7-13)23-25(19(16)27)15-9-21-24(2)10-15/h4-10,12H,11H2,1-3H3,(H,22,26)/t12-/m0/s1. The summed E-state index contributed by atoms with van der Waals surface area (Å²) in [5, 5.41) is 11.1. The molecule has 8 nitrogen and oxygen atoms in total. The number of halogens is 1. The molecule has 2 aromatic heterocycles. The Morgan fingerprint density at radius 1 is 1.36 bits per heavy atom. The molecule has 0 spiro atoms. The zero-order chi connectivity index (χ0) is 20.3. The first kappa shape index (κ1) is 19.4. The third-order valence-electron chi connectivity index (χ3n) is 4.01. The van der Waals surface area contributed by atoms with Crippen LogP contribution in [0, 0.1) is 5.82 Å². The Labute approximate surface area is 160 Å². The van der Waals surface area contributed by atoms with E-state index in [0.29, 0.717) is 17.9 Å². The van der Waals surface area contributed by atoms with Crippen LogP contribution in [0.1, 0.15) is 17.3 Å². The number of carbonyl (C=O) groups is 1. The number of nitrogens with zero attached hydrogens (tertiary/aromatic N) is 4. The highest BCUT2D eigenvalue weighted by Gasteiger charge is 2.19. The van der Waals surface area contributed by atoms with Crippen molar-refractivity contribution in [3.05, 3.63) is 64.5 Å². The Hall–Kier alpha value is -3.33. The van der Waals surface area contributed by atoms with Gasteiger partial charge in [0.1, 0.15) is 17.1 Å². The van der Waals surface area contributed by atoms with E-state index in [1.165, 1.54) is 42.3 Å². The summed E-state index contributed by atoms with van der Waals surface area (Å²) in [6.45, 7) is 2.06. The van der Waals surface area contributed by atoms with Gasteiger partial charge in [0.25, 0.3) is 11.5 Å². The molecule has 0 unspecified atom stereocenters. The highest BCUT2D eigenvalue weighted by atomic mass is 19.1. The Bertz CT molecular complexity index is 1060. The topological polar surface area (TPSA) is 91.0 Å². The highest BCUT2D eigenvalue weighted by molar-refractivity contribution is 5.95. The van der Waals surface area contributed by atoms with Crippen molar-refractivity contribution in [2.45, 2.75) is 13.0 Å². The maximum absolute atomic E-state index is 13.7. The summed E-state index contributed by atoms with van der Waals surface area (Å²) in [6.07, 6.45) is 3.05. The SMILES string of the molecule is COC[C@H](C)NC(=O)c1cc(-c2cccc(F)c2)nn(-c2cnn(C)c2)c1=O. The molecule has 0 fully saturated rings. The van der Waals surface area contributed by atoms with E-state index in [4.69, 9.17) is 4.74 Å². The van der Waals surface area contributed by atoms with E-state index in [1.807, 2.05) is 0 Å². The lowest BCUT2D eigenvalue weighted by Crippen LogP contribution is -2.39. The zero-order valence-electron chi connectivity index (χ0n) is 15.7. The zero-order valence-corrected chi connectivity index (χ0v) is 15.7. The third kappa shape index (κ3) is 4.15. The lowest BCUT2D eigenvalue weighted by molar-refractivity contribution is 0.0903. The van der Waals surface area contributed by atoms with Crippen molar-refractivity contribution >= 4 is 5.91 Å². The summed E-state index contributed by atoms with van der Waals surface area (Å²) < 4.78 is 21.3. The van der Waals surface area contributed by atoms with Crippen LogP contribution in [-0.4, -0.2) is 45.2 Å². The minimum Gasteiger partial charge on any atom is -0.383 e. The number of amides is 1. The lowest BCUT2D eigenvalue weighted by atomic mass is 10.1. The van der Waals surface area contributed by atoms with Crippen LogP contribution in [0.15, 0.2) is 47.5 Å². The number of aryl methyl sites for hydroxylation is 1. The van der Waals surface area contributed by atoms with Crippen LogP contribution in [0.5, 0.6) is 0 Å². The molecule has 0 radical (unpaired) electrons. The molecule has 9 heteroatoms. The summed E-state index contributed by atoms with van der Waals surface area (Å²) >= 11 is 0. The van der Waals surface area contributed by atoms with Gasteiger partial charge in [-0.3, -0.25) is 14.3 Å². The molecular weight excluding hydrogens is 365 g/mol. The number of aromatic nitrogens is 4. The second-order valence-corrected chi connectivity index (χ2v) is 6.37. The van der Waals surface area contributed by atoms with Crippen molar-refractivity contribution in [3.63, 3.8) is 0 Å². The third-order valence-corrected chi connectivity index (χ3v) is 4.01. The molecule has 0 aliphatic rings. The van der Waals surface area contributed by atoms with E-state index >= 15 is 0 Å². The largest absolute Gasteiger partial charge is 0.383 e. The Kier molecular flexibility index (Phi) is 5.65.